The number of carbonyl (C=O) groups excluding carboxylic acids is 1. The molecule has 2 aromatic rings. The van der Waals surface area contributed by atoms with Crippen molar-refractivity contribution >= 4 is 5.91 Å². The van der Waals surface area contributed by atoms with Crippen molar-refractivity contribution < 1.29 is 4.79 Å². The van der Waals surface area contributed by atoms with Crippen LogP contribution in [0.1, 0.15) is 23.3 Å². The molecule has 0 spiro atoms. The van der Waals surface area contributed by atoms with Gasteiger partial charge in [0.05, 0.1) is 0 Å². The molecule has 3 rings (SSSR count). The summed E-state index contributed by atoms with van der Waals surface area (Å²) < 4.78 is 1.73. The van der Waals surface area contributed by atoms with E-state index in [1.807, 2.05) is 0 Å². The first kappa shape index (κ1) is 9.95. The van der Waals surface area contributed by atoms with Gasteiger partial charge in [-0.3, -0.25) is 9.36 Å². The minimum Gasteiger partial charge on any atom is -0.348 e. The summed E-state index contributed by atoms with van der Waals surface area (Å²) in [4.78, 5) is 15.6. The van der Waals surface area contributed by atoms with Crippen LogP contribution in [-0.4, -0.2) is 31.7 Å². The lowest BCUT2D eigenvalue weighted by Gasteiger charge is -2.03. The smallest absolute Gasteiger partial charge is 0.272 e. The Morgan fingerprint density at radius 3 is 2.82 bits per heavy atom. The fourth-order valence-electron chi connectivity index (χ4n) is 1.47. The van der Waals surface area contributed by atoms with E-state index >= 15 is 0 Å². The third-order valence-corrected chi connectivity index (χ3v) is 2.56. The van der Waals surface area contributed by atoms with Crippen LogP contribution in [0.15, 0.2) is 30.9 Å². The van der Waals surface area contributed by atoms with E-state index in [9.17, 15) is 4.79 Å². The Morgan fingerprint density at radius 2 is 2.24 bits per heavy atom. The van der Waals surface area contributed by atoms with E-state index < -0.39 is 0 Å². The summed E-state index contributed by atoms with van der Waals surface area (Å²) in [6, 6.07) is 3.74. The lowest BCUT2D eigenvalue weighted by atomic mass is 10.3. The number of hydrogen-bond acceptors (Lipinski definition) is 4. The molecule has 86 valence electrons. The predicted molar refractivity (Wildman–Crippen MR) is 59.6 cm³/mol. The molecule has 1 fully saturated rings. The van der Waals surface area contributed by atoms with Crippen LogP contribution in [0.25, 0.3) is 5.82 Å². The van der Waals surface area contributed by atoms with Gasteiger partial charge in [-0.25, -0.2) is 4.98 Å². The summed E-state index contributed by atoms with van der Waals surface area (Å²) in [5.74, 6) is 0.489. The minimum atomic E-state index is -0.155. The Bertz CT molecular complexity index is 515. The zero-order chi connectivity index (χ0) is 11.7. The van der Waals surface area contributed by atoms with Crippen LogP contribution in [-0.2, 0) is 0 Å². The molecule has 1 saturated carbocycles. The molecular weight excluding hydrogens is 218 g/mol. The standard InChI is InChI=1S/C11H11N5O/c17-11(13-8-1-2-8)9-3-4-10(15-14-9)16-6-5-12-7-16/h3-8H,1-2H2,(H,13,17). The molecule has 1 N–H and O–H groups in total. The highest BCUT2D eigenvalue weighted by atomic mass is 16.2. The van der Waals surface area contributed by atoms with Crippen molar-refractivity contribution in [1.82, 2.24) is 25.1 Å². The second-order valence-electron chi connectivity index (χ2n) is 3.99. The minimum absolute atomic E-state index is 0.155. The van der Waals surface area contributed by atoms with Gasteiger partial charge in [-0.1, -0.05) is 0 Å². The number of nitrogens with one attached hydrogen (secondary N) is 1. The average molecular weight is 229 g/mol. The zero-order valence-electron chi connectivity index (χ0n) is 9.08. The van der Waals surface area contributed by atoms with Gasteiger partial charge in [0.15, 0.2) is 11.5 Å². The number of carbonyl (C=O) groups is 1. The van der Waals surface area contributed by atoms with Gasteiger partial charge in [-0.2, -0.15) is 0 Å². The van der Waals surface area contributed by atoms with E-state index in [2.05, 4.69) is 20.5 Å². The van der Waals surface area contributed by atoms with E-state index in [0.29, 0.717) is 17.6 Å². The summed E-state index contributed by atoms with van der Waals surface area (Å²) in [6.07, 6.45) is 7.19. The molecule has 17 heavy (non-hydrogen) atoms. The Morgan fingerprint density at radius 1 is 1.35 bits per heavy atom. The fourth-order valence-corrected chi connectivity index (χ4v) is 1.47. The summed E-state index contributed by atoms with van der Waals surface area (Å²) >= 11 is 0. The van der Waals surface area contributed by atoms with Gasteiger partial charge in [-0.15, -0.1) is 10.2 Å². The van der Waals surface area contributed by atoms with Crippen LogP contribution in [0.5, 0.6) is 0 Å². The van der Waals surface area contributed by atoms with Crippen LogP contribution in [0.2, 0.25) is 0 Å². The first-order valence-electron chi connectivity index (χ1n) is 5.46. The highest BCUT2D eigenvalue weighted by Crippen LogP contribution is 2.19. The van der Waals surface area contributed by atoms with E-state index in [-0.39, 0.29) is 5.91 Å². The molecule has 0 saturated heterocycles. The van der Waals surface area contributed by atoms with Crippen LogP contribution in [0.3, 0.4) is 0 Å². The average Bonchev–Trinajstić information content (AvgIpc) is 3.00. The van der Waals surface area contributed by atoms with Crippen molar-refractivity contribution in [2.45, 2.75) is 18.9 Å². The molecule has 2 aromatic heterocycles. The van der Waals surface area contributed by atoms with Crippen LogP contribution >= 0.6 is 0 Å². The summed E-state index contributed by atoms with van der Waals surface area (Å²) in [6.45, 7) is 0. The summed E-state index contributed by atoms with van der Waals surface area (Å²) in [5, 5.41) is 10.8. The second kappa shape index (κ2) is 3.97. The largest absolute Gasteiger partial charge is 0.348 e. The molecule has 1 aliphatic carbocycles. The molecule has 1 amide bonds. The SMILES string of the molecule is O=C(NC1CC1)c1ccc(-n2ccnc2)nn1. The third kappa shape index (κ3) is 2.15. The Balaban J connectivity index is 1.77. The number of nitrogens with zero attached hydrogens (tertiary/aromatic N) is 4. The third-order valence-electron chi connectivity index (χ3n) is 2.56. The van der Waals surface area contributed by atoms with Crippen molar-refractivity contribution in [3.8, 4) is 5.82 Å². The van der Waals surface area contributed by atoms with Crippen molar-refractivity contribution in [3.05, 3.63) is 36.5 Å². The molecule has 6 nitrogen and oxygen atoms in total. The van der Waals surface area contributed by atoms with Gasteiger partial charge >= 0.3 is 0 Å². The van der Waals surface area contributed by atoms with Gasteiger partial charge < -0.3 is 5.32 Å². The number of hydrogen-bond donors (Lipinski definition) is 1. The van der Waals surface area contributed by atoms with Gasteiger partial charge in [-0.05, 0) is 25.0 Å². The first-order chi connectivity index (χ1) is 8.33. The van der Waals surface area contributed by atoms with E-state index in [4.69, 9.17) is 0 Å². The first-order valence-corrected chi connectivity index (χ1v) is 5.46. The summed E-state index contributed by atoms with van der Waals surface area (Å²) in [5.41, 5.74) is 0.348. The van der Waals surface area contributed by atoms with E-state index in [0.717, 1.165) is 12.8 Å². The topological polar surface area (TPSA) is 72.7 Å². The molecule has 0 aromatic carbocycles. The molecule has 2 heterocycles. The molecule has 0 bridgehead atoms. The Kier molecular flexibility index (Phi) is 2.32. The maximum absolute atomic E-state index is 11.7. The Labute approximate surface area is 97.7 Å². The normalized spacial score (nSPS) is 14.6. The fraction of sp³-hybridized carbons (Fsp3) is 0.273. The maximum atomic E-state index is 11.7. The quantitative estimate of drug-likeness (QED) is 0.834. The monoisotopic (exact) mass is 229 g/mol. The second-order valence-corrected chi connectivity index (χ2v) is 3.99. The van der Waals surface area contributed by atoms with Crippen LogP contribution in [0, 0.1) is 0 Å². The highest BCUT2D eigenvalue weighted by molar-refractivity contribution is 5.92. The molecule has 1 aliphatic rings. The van der Waals surface area contributed by atoms with Crippen molar-refractivity contribution in [1.29, 1.82) is 0 Å². The van der Waals surface area contributed by atoms with E-state index in [1.165, 1.54) is 0 Å². The van der Waals surface area contributed by atoms with Gasteiger partial charge in [0.2, 0.25) is 0 Å². The number of aromatic nitrogens is 4. The van der Waals surface area contributed by atoms with Gasteiger partial charge in [0.25, 0.3) is 5.91 Å². The molecule has 0 unspecified atom stereocenters. The number of imidazole rings is 1. The molecule has 0 atom stereocenters. The van der Waals surface area contributed by atoms with Crippen LogP contribution in [0.4, 0.5) is 0 Å². The van der Waals surface area contributed by atoms with Crippen LogP contribution < -0.4 is 5.32 Å². The Hall–Kier alpha value is -2.24. The predicted octanol–water partition coefficient (Wildman–Crippen LogP) is 0.554. The zero-order valence-corrected chi connectivity index (χ0v) is 9.08. The summed E-state index contributed by atoms with van der Waals surface area (Å²) in [7, 11) is 0. The van der Waals surface area contributed by atoms with Crippen molar-refractivity contribution in [3.63, 3.8) is 0 Å². The molecule has 0 radical (unpaired) electrons. The van der Waals surface area contributed by atoms with Gasteiger partial charge in [0, 0.05) is 18.4 Å². The number of amides is 1. The lowest BCUT2D eigenvalue weighted by molar-refractivity contribution is 0.0945. The maximum Gasteiger partial charge on any atom is 0.272 e. The van der Waals surface area contributed by atoms with E-state index in [1.54, 1.807) is 35.4 Å². The highest BCUT2D eigenvalue weighted by Gasteiger charge is 2.24. The molecular formula is C11H11N5O. The lowest BCUT2D eigenvalue weighted by Crippen LogP contribution is -2.26. The number of rotatable bonds is 3. The van der Waals surface area contributed by atoms with Gasteiger partial charge in [0.1, 0.15) is 6.33 Å². The van der Waals surface area contributed by atoms with Crippen molar-refractivity contribution in [2.75, 3.05) is 0 Å². The van der Waals surface area contributed by atoms with Crippen molar-refractivity contribution in [2.24, 2.45) is 0 Å². The molecule has 6 heteroatoms. The molecule has 0 aliphatic heterocycles.